The molecule has 0 spiro atoms. The van der Waals surface area contributed by atoms with Gasteiger partial charge in [0.15, 0.2) is 0 Å². The molecule has 4 aromatic carbocycles. The Morgan fingerprint density at radius 3 is 2.20 bits per heavy atom. The van der Waals surface area contributed by atoms with Crippen LogP contribution >= 0.6 is 11.6 Å². The smallest absolute Gasteiger partial charge is 0.137 e. The number of aromatic nitrogens is 3. The number of pyridine rings is 2. The highest BCUT2D eigenvalue weighted by molar-refractivity contribution is 6.31. The van der Waals surface area contributed by atoms with E-state index in [0.29, 0.717) is 5.02 Å². The first-order valence-corrected chi connectivity index (χ1v) is 14.7. The molecule has 0 saturated carbocycles. The Labute approximate surface area is 259 Å². The van der Waals surface area contributed by atoms with E-state index in [1.54, 1.807) is 5.12 Å². The topological polar surface area (TPSA) is 58.3 Å². The van der Waals surface area contributed by atoms with Gasteiger partial charge >= 0.3 is 0 Å². The molecule has 0 bridgehead atoms. The summed E-state index contributed by atoms with van der Waals surface area (Å²) in [5.74, 6) is 0.851. The predicted molar refractivity (Wildman–Crippen MR) is 180 cm³/mol. The van der Waals surface area contributed by atoms with Crippen LogP contribution in [0.4, 0.5) is 5.69 Å². The number of rotatable bonds is 5. The second-order valence-corrected chi connectivity index (χ2v) is 11.0. The van der Waals surface area contributed by atoms with Gasteiger partial charge < -0.3 is 0 Å². The zero-order chi connectivity index (χ0) is 29.5. The largest absolute Gasteiger partial charge is 0.292 e. The van der Waals surface area contributed by atoms with Crippen LogP contribution in [0.2, 0.25) is 5.02 Å². The van der Waals surface area contributed by atoms with E-state index >= 15 is 0 Å². The molecule has 7 heteroatoms. The molecule has 6 nitrogen and oxygen atoms in total. The molecule has 0 fully saturated rings. The van der Waals surface area contributed by atoms with Crippen LogP contribution < -0.4 is 10.5 Å². The Balaban J connectivity index is 1.24. The van der Waals surface area contributed by atoms with Crippen LogP contribution in [0.5, 0.6) is 0 Å². The minimum Gasteiger partial charge on any atom is -0.292 e. The first kappa shape index (κ1) is 25.9. The van der Waals surface area contributed by atoms with Crippen molar-refractivity contribution < 1.29 is 0 Å². The quantitative estimate of drug-likeness (QED) is 0.219. The van der Waals surface area contributed by atoms with E-state index in [2.05, 4.69) is 80.6 Å². The van der Waals surface area contributed by atoms with Gasteiger partial charge in [-0.05, 0) is 71.3 Å². The summed E-state index contributed by atoms with van der Waals surface area (Å²) < 4.78 is 2.15. The molecule has 4 heterocycles. The molecule has 1 aliphatic heterocycles. The SMILES string of the molecule is Clc1cc(-c2ccc3c(c2)c2ccncc2n3-c2ccccn2)cc(N2N=C(c3ccccc3)C=C(c3ccccc3)N2)c1. The lowest BCUT2D eigenvalue weighted by Gasteiger charge is -2.28. The first-order chi connectivity index (χ1) is 21.7. The first-order valence-electron chi connectivity index (χ1n) is 14.3. The van der Waals surface area contributed by atoms with Crippen LogP contribution in [-0.2, 0) is 0 Å². The molecule has 8 rings (SSSR count). The van der Waals surface area contributed by atoms with Crippen molar-refractivity contribution in [1.82, 2.24) is 20.0 Å². The highest BCUT2D eigenvalue weighted by atomic mass is 35.5. The van der Waals surface area contributed by atoms with Crippen LogP contribution in [0.3, 0.4) is 0 Å². The van der Waals surface area contributed by atoms with Gasteiger partial charge in [-0.25, -0.2) is 4.98 Å². The van der Waals surface area contributed by atoms with Crippen LogP contribution in [0.1, 0.15) is 11.1 Å². The number of hydrazone groups is 1. The van der Waals surface area contributed by atoms with E-state index in [0.717, 1.165) is 67.0 Å². The number of allylic oxidation sites excluding steroid dienone is 1. The van der Waals surface area contributed by atoms with E-state index in [4.69, 9.17) is 16.7 Å². The minimum atomic E-state index is 0.617. The number of nitrogens with zero attached hydrogens (tertiary/aromatic N) is 5. The van der Waals surface area contributed by atoms with E-state index in [1.165, 1.54) is 0 Å². The fourth-order valence-electron chi connectivity index (χ4n) is 5.73. The summed E-state index contributed by atoms with van der Waals surface area (Å²) in [5, 5.41) is 9.63. The molecule has 0 radical (unpaired) electrons. The van der Waals surface area contributed by atoms with Crippen molar-refractivity contribution in [2.45, 2.75) is 0 Å². The highest BCUT2D eigenvalue weighted by Gasteiger charge is 2.19. The van der Waals surface area contributed by atoms with Crippen molar-refractivity contribution in [1.29, 1.82) is 0 Å². The third-order valence-corrected chi connectivity index (χ3v) is 8.00. The van der Waals surface area contributed by atoms with Crippen molar-refractivity contribution in [2.75, 3.05) is 5.12 Å². The minimum absolute atomic E-state index is 0.617. The van der Waals surface area contributed by atoms with E-state index in [-0.39, 0.29) is 0 Å². The molecule has 1 N–H and O–H groups in total. The molecule has 0 amide bonds. The van der Waals surface area contributed by atoms with Gasteiger partial charge in [0.25, 0.3) is 0 Å². The molecule has 44 heavy (non-hydrogen) atoms. The lowest BCUT2D eigenvalue weighted by atomic mass is 10.0. The Morgan fingerprint density at radius 1 is 0.614 bits per heavy atom. The summed E-state index contributed by atoms with van der Waals surface area (Å²) in [4.78, 5) is 9.03. The fraction of sp³-hybridized carbons (Fsp3) is 0. The average Bonchev–Trinajstić information content (AvgIpc) is 3.43. The Morgan fingerprint density at radius 2 is 1.41 bits per heavy atom. The number of hydrogen-bond acceptors (Lipinski definition) is 5. The standard InChI is InChI=1S/C37H25ClN6/c38-29-19-28(27-14-15-35-32(21-27)31-16-18-39-24-36(31)43(35)37-13-7-8-17-40-37)20-30(22-29)44-41-33(25-9-3-1-4-10-25)23-34(42-44)26-11-5-2-6-12-26/h1-24,41H. The molecule has 1 aliphatic rings. The normalized spacial score (nSPS) is 13.1. The van der Waals surface area contributed by atoms with Gasteiger partial charge in [0, 0.05) is 33.8 Å². The van der Waals surface area contributed by atoms with Crippen LogP contribution in [-0.4, -0.2) is 20.2 Å². The van der Waals surface area contributed by atoms with Crippen LogP contribution in [0.15, 0.2) is 151 Å². The summed E-state index contributed by atoms with van der Waals surface area (Å²) >= 11 is 6.79. The maximum Gasteiger partial charge on any atom is 0.137 e. The summed E-state index contributed by atoms with van der Waals surface area (Å²) in [6.45, 7) is 0. The molecule has 3 aromatic heterocycles. The average molecular weight is 589 g/mol. The van der Waals surface area contributed by atoms with Gasteiger partial charge in [0.2, 0.25) is 0 Å². The molecule has 7 aromatic rings. The molecule has 0 atom stereocenters. The zero-order valence-electron chi connectivity index (χ0n) is 23.5. The van der Waals surface area contributed by atoms with Gasteiger partial charge in [-0.3, -0.25) is 15.0 Å². The van der Waals surface area contributed by atoms with Crippen molar-refractivity contribution >= 4 is 50.5 Å². The molecular weight excluding hydrogens is 564 g/mol. The third-order valence-electron chi connectivity index (χ3n) is 7.78. The maximum absolute atomic E-state index is 6.79. The maximum atomic E-state index is 6.79. The van der Waals surface area contributed by atoms with Crippen molar-refractivity contribution in [3.8, 4) is 16.9 Å². The molecule has 0 aliphatic carbocycles. The monoisotopic (exact) mass is 588 g/mol. The van der Waals surface area contributed by atoms with Crippen LogP contribution in [0, 0.1) is 0 Å². The number of anilines is 1. The summed E-state index contributed by atoms with van der Waals surface area (Å²) in [7, 11) is 0. The Hall–Kier alpha value is -5.72. The third kappa shape index (κ3) is 4.68. The van der Waals surface area contributed by atoms with Gasteiger partial charge in [-0.1, -0.05) is 84.4 Å². The number of fused-ring (bicyclic) bond motifs is 3. The predicted octanol–water partition coefficient (Wildman–Crippen LogP) is 8.66. The van der Waals surface area contributed by atoms with Crippen LogP contribution in [0.25, 0.3) is 44.4 Å². The number of hydrazine groups is 1. The van der Waals surface area contributed by atoms with Crippen molar-refractivity contribution in [2.24, 2.45) is 5.10 Å². The van der Waals surface area contributed by atoms with Gasteiger partial charge in [0.05, 0.1) is 34.3 Å². The molecule has 0 unspecified atom stereocenters. The van der Waals surface area contributed by atoms with Gasteiger partial charge in [0.1, 0.15) is 5.82 Å². The summed E-state index contributed by atoms with van der Waals surface area (Å²) in [6, 6.07) is 40.9. The molecular formula is C37H25ClN6. The van der Waals surface area contributed by atoms with Gasteiger partial charge in [-0.2, -0.15) is 10.2 Å². The zero-order valence-corrected chi connectivity index (χ0v) is 24.2. The molecule has 210 valence electrons. The number of benzene rings is 4. The number of halogens is 1. The summed E-state index contributed by atoms with van der Waals surface area (Å²) in [5.41, 5.74) is 12.3. The number of nitrogens with one attached hydrogen (secondary N) is 1. The Kier molecular flexibility index (Phi) is 6.39. The lowest BCUT2D eigenvalue weighted by molar-refractivity contribution is 0.787. The second-order valence-electron chi connectivity index (χ2n) is 10.5. The number of hydrogen-bond donors (Lipinski definition) is 1. The van der Waals surface area contributed by atoms with Crippen molar-refractivity contribution in [3.05, 3.63) is 162 Å². The van der Waals surface area contributed by atoms with E-state index in [9.17, 15) is 0 Å². The Bertz CT molecular complexity index is 2210. The van der Waals surface area contributed by atoms with Gasteiger partial charge in [-0.15, -0.1) is 0 Å². The van der Waals surface area contributed by atoms with Crippen molar-refractivity contribution in [3.63, 3.8) is 0 Å². The van der Waals surface area contributed by atoms with E-state index < -0.39 is 0 Å². The fourth-order valence-corrected chi connectivity index (χ4v) is 5.96. The van der Waals surface area contributed by atoms with E-state index in [1.807, 2.05) is 85.3 Å². The highest BCUT2D eigenvalue weighted by Crippen LogP contribution is 2.36. The lowest BCUT2D eigenvalue weighted by Crippen LogP contribution is -2.36. The molecule has 0 saturated heterocycles. The second kappa shape index (κ2) is 10.8. The summed E-state index contributed by atoms with van der Waals surface area (Å²) in [6.07, 6.45) is 7.61.